The van der Waals surface area contributed by atoms with E-state index >= 15 is 0 Å². The summed E-state index contributed by atoms with van der Waals surface area (Å²) in [5.41, 5.74) is 0. The van der Waals surface area contributed by atoms with Gasteiger partial charge in [0, 0.05) is 16.4 Å². The van der Waals surface area contributed by atoms with Gasteiger partial charge in [-0.05, 0) is 29.8 Å². The third kappa shape index (κ3) is 7.00. The van der Waals surface area contributed by atoms with E-state index in [0.717, 1.165) is 9.75 Å². The van der Waals surface area contributed by atoms with Gasteiger partial charge in [0.2, 0.25) is 0 Å². The number of carbonyl (C=O) groups is 1. The van der Waals surface area contributed by atoms with Crippen molar-refractivity contribution in [3.63, 3.8) is 0 Å². The second-order valence-electron chi connectivity index (χ2n) is 4.94. The maximum Gasteiger partial charge on any atom is 0.410 e. The lowest BCUT2D eigenvalue weighted by Gasteiger charge is -2.21. The summed E-state index contributed by atoms with van der Waals surface area (Å²) in [4.78, 5) is 16.4. The number of hydrogen-bond acceptors (Lipinski definition) is 6. The van der Waals surface area contributed by atoms with E-state index in [4.69, 9.17) is 14.2 Å². The Bertz CT molecular complexity index is 521. The van der Waals surface area contributed by atoms with Gasteiger partial charge in [-0.25, -0.2) is 4.79 Å². The lowest BCUT2D eigenvalue weighted by molar-refractivity contribution is 0.0237. The lowest BCUT2D eigenvalue weighted by atomic mass is 10.4. The number of ether oxygens (including phenoxy) is 3. The summed E-state index contributed by atoms with van der Waals surface area (Å²) in [5.74, 6) is 0. The van der Waals surface area contributed by atoms with Gasteiger partial charge in [-0.2, -0.15) is 0 Å². The molecule has 0 unspecified atom stereocenters. The van der Waals surface area contributed by atoms with E-state index in [1.54, 1.807) is 27.6 Å². The van der Waals surface area contributed by atoms with Gasteiger partial charge in [0.05, 0.1) is 32.9 Å². The highest BCUT2D eigenvalue weighted by atomic mass is 32.1. The number of amides is 1. The Hall–Kier alpha value is -1.41. The molecular formula is C17H23NO4S2. The quantitative estimate of drug-likeness (QED) is 0.562. The number of thiophene rings is 2. The topological polar surface area (TPSA) is 48.0 Å². The van der Waals surface area contributed by atoms with E-state index in [9.17, 15) is 4.79 Å². The van der Waals surface area contributed by atoms with Crippen molar-refractivity contribution in [3.8, 4) is 0 Å². The standard InChI is InChI=1S/C17H23NO4S2/c1-2-20-7-8-21-9-10-22-17(19)18(13-15-5-3-11-23-15)14-16-6-4-12-24-16/h3-6,11-12H,2,7-10,13-14H2,1H3. The molecule has 0 aliphatic heterocycles. The number of rotatable bonds is 11. The molecule has 7 heteroatoms. The molecule has 0 radical (unpaired) electrons. The predicted octanol–water partition coefficient (Wildman–Crippen LogP) is 4.00. The molecule has 0 fully saturated rings. The largest absolute Gasteiger partial charge is 0.447 e. The van der Waals surface area contributed by atoms with E-state index in [0.29, 0.717) is 39.5 Å². The first-order valence-electron chi connectivity index (χ1n) is 7.91. The van der Waals surface area contributed by atoms with Crippen LogP contribution in [0.15, 0.2) is 35.0 Å². The van der Waals surface area contributed by atoms with Crippen molar-refractivity contribution < 1.29 is 19.0 Å². The van der Waals surface area contributed by atoms with Crippen molar-refractivity contribution in [1.82, 2.24) is 4.90 Å². The average Bonchev–Trinajstić information content (AvgIpc) is 3.27. The van der Waals surface area contributed by atoms with Crippen LogP contribution in [0.3, 0.4) is 0 Å². The lowest BCUT2D eigenvalue weighted by Crippen LogP contribution is -2.31. The number of hydrogen-bond donors (Lipinski definition) is 0. The van der Waals surface area contributed by atoms with E-state index in [1.807, 2.05) is 41.9 Å². The third-order valence-electron chi connectivity index (χ3n) is 3.14. The monoisotopic (exact) mass is 369 g/mol. The molecule has 0 spiro atoms. The molecule has 0 atom stereocenters. The minimum absolute atomic E-state index is 0.246. The van der Waals surface area contributed by atoms with E-state index in [2.05, 4.69) is 0 Å². The molecule has 0 saturated heterocycles. The molecule has 132 valence electrons. The summed E-state index contributed by atoms with van der Waals surface area (Å²) in [5, 5.41) is 4.02. The van der Waals surface area contributed by atoms with Crippen molar-refractivity contribution in [3.05, 3.63) is 44.8 Å². The Balaban J connectivity index is 1.76. The molecule has 2 aromatic heterocycles. The summed E-state index contributed by atoms with van der Waals surface area (Å²) in [6.07, 6.45) is -0.315. The zero-order valence-corrected chi connectivity index (χ0v) is 15.4. The van der Waals surface area contributed by atoms with Crippen molar-refractivity contribution in [2.24, 2.45) is 0 Å². The Morgan fingerprint density at radius 1 is 0.958 bits per heavy atom. The highest BCUT2D eigenvalue weighted by Gasteiger charge is 2.17. The third-order valence-corrected chi connectivity index (χ3v) is 4.86. The van der Waals surface area contributed by atoms with Crippen LogP contribution in [0.5, 0.6) is 0 Å². The van der Waals surface area contributed by atoms with Crippen molar-refractivity contribution >= 4 is 28.8 Å². The molecule has 0 saturated carbocycles. The summed E-state index contributed by atoms with van der Waals surface area (Å²) in [6.45, 7) is 5.43. The normalized spacial score (nSPS) is 10.7. The predicted molar refractivity (Wildman–Crippen MR) is 96.5 cm³/mol. The Morgan fingerprint density at radius 3 is 2.08 bits per heavy atom. The van der Waals surface area contributed by atoms with Crippen molar-refractivity contribution in [2.45, 2.75) is 20.0 Å². The van der Waals surface area contributed by atoms with E-state index in [1.165, 1.54) is 0 Å². The van der Waals surface area contributed by atoms with Crippen LogP contribution in [0, 0.1) is 0 Å². The molecule has 2 aromatic rings. The maximum absolute atomic E-state index is 12.4. The fraction of sp³-hybridized carbons (Fsp3) is 0.471. The van der Waals surface area contributed by atoms with Crippen LogP contribution in [-0.4, -0.2) is 44.0 Å². The van der Waals surface area contributed by atoms with Gasteiger partial charge < -0.3 is 14.2 Å². The minimum Gasteiger partial charge on any atom is -0.447 e. The van der Waals surface area contributed by atoms with Crippen LogP contribution in [0.1, 0.15) is 16.7 Å². The van der Waals surface area contributed by atoms with Gasteiger partial charge in [-0.15, -0.1) is 22.7 Å². The first-order chi connectivity index (χ1) is 11.8. The fourth-order valence-corrected chi connectivity index (χ4v) is 3.45. The zero-order chi connectivity index (χ0) is 17.0. The van der Waals surface area contributed by atoms with Gasteiger partial charge in [0.15, 0.2) is 0 Å². The molecule has 0 aliphatic carbocycles. The molecule has 2 heterocycles. The number of nitrogens with zero attached hydrogens (tertiary/aromatic N) is 1. The highest BCUT2D eigenvalue weighted by Crippen LogP contribution is 2.17. The minimum atomic E-state index is -0.315. The Morgan fingerprint density at radius 2 is 1.54 bits per heavy atom. The first-order valence-corrected chi connectivity index (χ1v) is 9.67. The highest BCUT2D eigenvalue weighted by molar-refractivity contribution is 7.10. The van der Waals surface area contributed by atoms with Gasteiger partial charge in [0.1, 0.15) is 6.61 Å². The SMILES string of the molecule is CCOCCOCCOC(=O)N(Cc1cccs1)Cc1cccs1. The Kier molecular flexibility index (Phi) is 8.83. The van der Waals surface area contributed by atoms with Crippen LogP contribution in [0.2, 0.25) is 0 Å². The number of carbonyl (C=O) groups excluding carboxylic acids is 1. The average molecular weight is 370 g/mol. The molecule has 24 heavy (non-hydrogen) atoms. The molecular weight excluding hydrogens is 346 g/mol. The van der Waals surface area contributed by atoms with Crippen LogP contribution in [-0.2, 0) is 27.3 Å². The maximum atomic E-state index is 12.4. The fourth-order valence-electron chi connectivity index (χ4n) is 2.01. The van der Waals surface area contributed by atoms with Crippen LogP contribution in [0.25, 0.3) is 0 Å². The summed E-state index contributed by atoms with van der Waals surface area (Å²) in [7, 11) is 0. The first kappa shape index (κ1) is 18.9. The molecule has 0 N–H and O–H groups in total. The van der Waals surface area contributed by atoms with E-state index in [-0.39, 0.29) is 12.7 Å². The van der Waals surface area contributed by atoms with Crippen LogP contribution < -0.4 is 0 Å². The molecule has 0 aliphatic rings. The molecule has 0 aromatic carbocycles. The molecule has 2 rings (SSSR count). The summed E-state index contributed by atoms with van der Waals surface area (Å²) in [6, 6.07) is 8.02. The second kappa shape index (κ2) is 11.2. The smallest absolute Gasteiger partial charge is 0.410 e. The molecule has 5 nitrogen and oxygen atoms in total. The van der Waals surface area contributed by atoms with Crippen LogP contribution in [0.4, 0.5) is 4.79 Å². The summed E-state index contributed by atoms with van der Waals surface area (Å²) >= 11 is 3.27. The van der Waals surface area contributed by atoms with E-state index < -0.39 is 0 Å². The zero-order valence-electron chi connectivity index (χ0n) is 13.8. The second-order valence-corrected chi connectivity index (χ2v) is 7.00. The van der Waals surface area contributed by atoms with Gasteiger partial charge in [-0.3, -0.25) is 4.90 Å². The van der Waals surface area contributed by atoms with Crippen molar-refractivity contribution in [2.75, 3.05) is 33.0 Å². The van der Waals surface area contributed by atoms with Gasteiger partial charge in [-0.1, -0.05) is 12.1 Å². The Labute approximate surface area is 150 Å². The molecule has 0 bridgehead atoms. The van der Waals surface area contributed by atoms with Crippen LogP contribution >= 0.6 is 22.7 Å². The summed E-state index contributed by atoms with van der Waals surface area (Å²) < 4.78 is 15.9. The van der Waals surface area contributed by atoms with Crippen molar-refractivity contribution in [1.29, 1.82) is 0 Å². The molecule has 1 amide bonds. The van der Waals surface area contributed by atoms with Gasteiger partial charge in [0.25, 0.3) is 0 Å². The van der Waals surface area contributed by atoms with Gasteiger partial charge >= 0.3 is 6.09 Å².